The number of methoxy groups -OCH3 is 1. The van der Waals surface area contributed by atoms with E-state index < -0.39 is 0 Å². The molecule has 138 valence electrons. The molecule has 28 heavy (non-hydrogen) atoms. The third-order valence-electron chi connectivity index (χ3n) is 4.79. The Morgan fingerprint density at radius 1 is 0.964 bits per heavy atom. The highest BCUT2D eigenvalue weighted by Crippen LogP contribution is 2.29. The summed E-state index contributed by atoms with van der Waals surface area (Å²) in [5.41, 5.74) is 5.96. The molecule has 0 amide bonds. The van der Waals surface area contributed by atoms with Crippen molar-refractivity contribution in [3.8, 4) is 28.1 Å². The van der Waals surface area contributed by atoms with Gasteiger partial charge in [0.25, 0.3) is 5.56 Å². The van der Waals surface area contributed by atoms with E-state index in [2.05, 4.69) is 20.5 Å². The number of nitrogens with one attached hydrogen (secondary N) is 2. The molecule has 8 nitrogen and oxygen atoms in total. The number of hydrogen-bond acceptors (Lipinski definition) is 5. The zero-order valence-electron chi connectivity index (χ0n) is 15.2. The zero-order valence-corrected chi connectivity index (χ0v) is 15.2. The molecule has 3 aromatic heterocycles. The Balaban J connectivity index is 1.73. The van der Waals surface area contributed by atoms with Gasteiger partial charge in [-0.25, -0.2) is 9.50 Å². The van der Waals surface area contributed by atoms with E-state index in [9.17, 15) is 4.79 Å². The summed E-state index contributed by atoms with van der Waals surface area (Å²) >= 11 is 0. The molecule has 0 fully saturated rings. The van der Waals surface area contributed by atoms with Crippen LogP contribution in [0, 0.1) is 6.92 Å². The van der Waals surface area contributed by atoms with Crippen molar-refractivity contribution >= 4 is 16.7 Å². The maximum atomic E-state index is 12.7. The SMILES string of the molecule is COc1ccc(-c2c(C)[nH]n3c(=O)cc(-c4ccc5n[nH]nc5c4)nc23)cc1. The van der Waals surface area contributed by atoms with Gasteiger partial charge in [-0.15, -0.1) is 0 Å². The third kappa shape index (κ3) is 2.46. The molecule has 2 aromatic carbocycles. The maximum absolute atomic E-state index is 12.7. The summed E-state index contributed by atoms with van der Waals surface area (Å²) in [4.78, 5) is 17.5. The minimum atomic E-state index is -0.178. The van der Waals surface area contributed by atoms with Crippen LogP contribution in [0.4, 0.5) is 0 Å². The average Bonchev–Trinajstić information content (AvgIpc) is 3.31. The highest BCUT2D eigenvalue weighted by molar-refractivity contribution is 5.83. The number of rotatable bonds is 3. The molecule has 3 heterocycles. The van der Waals surface area contributed by atoms with Crippen LogP contribution in [-0.4, -0.2) is 37.1 Å². The highest BCUT2D eigenvalue weighted by atomic mass is 16.5. The lowest BCUT2D eigenvalue weighted by molar-refractivity contribution is 0.415. The predicted octanol–water partition coefficient (Wildman–Crippen LogP) is 2.94. The van der Waals surface area contributed by atoms with Gasteiger partial charge >= 0.3 is 0 Å². The first-order chi connectivity index (χ1) is 13.6. The first kappa shape index (κ1) is 16.2. The Hall–Kier alpha value is -3.94. The molecule has 0 unspecified atom stereocenters. The van der Waals surface area contributed by atoms with Crippen LogP contribution in [-0.2, 0) is 0 Å². The Labute approximate surface area is 158 Å². The second-order valence-corrected chi connectivity index (χ2v) is 6.51. The number of aromatic amines is 2. The molecule has 0 saturated carbocycles. The largest absolute Gasteiger partial charge is 0.497 e. The van der Waals surface area contributed by atoms with E-state index >= 15 is 0 Å². The molecule has 5 aromatic rings. The molecular formula is C20H16N6O2. The Bertz CT molecular complexity index is 1380. The van der Waals surface area contributed by atoms with Gasteiger partial charge in [0.1, 0.15) is 16.8 Å². The second kappa shape index (κ2) is 6.05. The van der Waals surface area contributed by atoms with Crippen LogP contribution < -0.4 is 10.3 Å². The minimum absolute atomic E-state index is 0.178. The Morgan fingerprint density at radius 2 is 1.71 bits per heavy atom. The lowest BCUT2D eigenvalue weighted by Gasteiger charge is -2.05. The number of aromatic nitrogens is 6. The molecule has 0 atom stereocenters. The smallest absolute Gasteiger partial charge is 0.273 e. The van der Waals surface area contributed by atoms with E-state index in [0.29, 0.717) is 11.3 Å². The van der Waals surface area contributed by atoms with Gasteiger partial charge in [0.2, 0.25) is 0 Å². The lowest BCUT2D eigenvalue weighted by atomic mass is 10.1. The van der Waals surface area contributed by atoms with Crippen LogP contribution in [0.5, 0.6) is 5.75 Å². The fourth-order valence-corrected chi connectivity index (χ4v) is 3.40. The first-order valence-electron chi connectivity index (χ1n) is 8.72. The number of hydrogen-bond donors (Lipinski definition) is 2. The number of aryl methyl sites for hydroxylation is 1. The molecule has 0 aliphatic heterocycles. The maximum Gasteiger partial charge on any atom is 0.273 e. The molecular weight excluding hydrogens is 356 g/mol. The molecule has 0 aliphatic rings. The quantitative estimate of drug-likeness (QED) is 0.507. The fourth-order valence-electron chi connectivity index (χ4n) is 3.40. The van der Waals surface area contributed by atoms with Crippen molar-refractivity contribution in [3.05, 3.63) is 64.6 Å². The number of H-pyrrole nitrogens is 2. The minimum Gasteiger partial charge on any atom is -0.497 e. The van der Waals surface area contributed by atoms with Crippen molar-refractivity contribution in [2.75, 3.05) is 7.11 Å². The van der Waals surface area contributed by atoms with Crippen LogP contribution in [0.3, 0.4) is 0 Å². The summed E-state index contributed by atoms with van der Waals surface area (Å²) in [6.45, 7) is 1.93. The Kier molecular flexibility index (Phi) is 3.51. The standard InChI is InChI=1S/C20H16N6O2/c1-11-19(12-3-6-14(28-2)7-4-12)20-21-16(10-18(27)26(20)24-11)13-5-8-15-17(9-13)23-25-22-15/h3-10,24H,1-2H3,(H,22,23,25). The topological polar surface area (TPSA) is 101 Å². The van der Waals surface area contributed by atoms with E-state index in [4.69, 9.17) is 9.72 Å². The molecule has 0 saturated heterocycles. The van der Waals surface area contributed by atoms with E-state index in [1.807, 2.05) is 49.4 Å². The summed E-state index contributed by atoms with van der Waals surface area (Å²) in [5.74, 6) is 0.771. The van der Waals surface area contributed by atoms with E-state index in [-0.39, 0.29) is 5.56 Å². The van der Waals surface area contributed by atoms with Crippen molar-refractivity contribution in [1.29, 1.82) is 0 Å². The van der Waals surface area contributed by atoms with Gasteiger partial charge in [0, 0.05) is 22.9 Å². The summed E-state index contributed by atoms with van der Waals surface area (Å²) in [7, 11) is 1.63. The molecule has 8 heteroatoms. The van der Waals surface area contributed by atoms with E-state index in [1.165, 1.54) is 10.6 Å². The zero-order chi connectivity index (χ0) is 19.3. The fraction of sp³-hybridized carbons (Fsp3) is 0.100. The van der Waals surface area contributed by atoms with Crippen molar-refractivity contribution in [1.82, 2.24) is 30.0 Å². The van der Waals surface area contributed by atoms with Crippen LogP contribution >= 0.6 is 0 Å². The van der Waals surface area contributed by atoms with Gasteiger partial charge in [-0.1, -0.05) is 18.2 Å². The van der Waals surface area contributed by atoms with Crippen LogP contribution in [0.1, 0.15) is 5.69 Å². The van der Waals surface area contributed by atoms with Crippen molar-refractivity contribution < 1.29 is 4.74 Å². The summed E-state index contributed by atoms with van der Waals surface area (Å²) in [6, 6.07) is 14.8. The normalized spacial score (nSPS) is 11.4. The van der Waals surface area contributed by atoms with E-state index in [0.717, 1.165) is 39.2 Å². The van der Waals surface area contributed by atoms with Gasteiger partial charge in [-0.3, -0.25) is 9.89 Å². The number of benzene rings is 2. The Morgan fingerprint density at radius 3 is 2.50 bits per heavy atom. The molecule has 0 radical (unpaired) electrons. The van der Waals surface area contributed by atoms with Gasteiger partial charge in [0.15, 0.2) is 5.65 Å². The van der Waals surface area contributed by atoms with E-state index in [1.54, 1.807) is 7.11 Å². The molecule has 0 aliphatic carbocycles. The van der Waals surface area contributed by atoms with Crippen molar-refractivity contribution in [3.63, 3.8) is 0 Å². The second-order valence-electron chi connectivity index (χ2n) is 6.51. The highest BCUT2D eigenvalue weighted by Gasteiger charge is 2.16. The lowest BCUT2D eigenvalue weighted by Crippen LogP contribution is -2.14. The molecule has 2 N–H and O–H groups in total. The molecule has 5 rings (SSSR count). The number of nitrogens with zero attached hydrogens (tertiary/aromatic N) is 4. The molecule has 0 spiro atoms. The number of fused-ring (bicyclic) bond motifs is 2. The van der Waals surface area contributed by atoms with Crippen molar-refractivity contribution in [2.24, 2.45) is 0 Å². The summed E-state index contributed by atoms with van der Waals surface area (Å²) < 4.78 is 6.70. The predicted molar refractivity (Wildman–Crippen MR) is 105 cm³/mol. The third-order valence-corrected chi connectivity index (χ3v) is 4.79. The van der Waals surface area contributed by atoms with Crippen molar-refractivity contribution in [2.45, 2.75) is 6.92 Å². The summed E-state index contributed by atoms with van der Waals surface area (Å²) in [6.07, 6.45) is 0. The first-order valence-corrected chi connectivity index (χ1v) is 8.72. The summed E-state index contributed by atoms with van der Waals surface area (Å²) in [5, 5.41) is 13.9. The number of ether oxygens (including phenoxy) is 1. The molecule has 0 bridgehead atoms. The van der Waals surface area contributed by atoms with Crippen LogP contribution in [0.2, 0.25) is 0 Å². The van der Waals surface area contributed by atoms with Gasteiger partial charge in [0.05, 0.1) is 12.8 Å². The van der Waals surface area contributed by atoms with Gasteiger partial charge < -0.3 is 4.74 Å². The average molecular weight is 372 g/mol. The van der Waals surface area contributed by atoms with Crippen LogP contribution in [0.15, 0.2) is 53.3 Å². The monoisotopic (exact) mass is 372 g/mol. The van der Waals surface area contributed by atoms with Gasteiger partial charge in [-0.05, 0) is 36.8 Å². The van der Waals surface area contributed by atoms with Gasteiger partial charge in [-0.2, -0.15) is 15.4 Å². The van der Waals surface area contributed by atoms with Crippen LogP contribution in [0.25, 0.3) is 39.1 Å².